The van der Waals surface area contributed by atoms with Gasteiger partial charge in [0.05, 0.1) is 18.3 Å². The van der Waals surface area contributed by atoms with Crippen LogP contribution in [0.5, 0.6) is 5.75 Å². The number of rotatable bonds is 6. The number of sulfone groups is 1. The fourth-order valence-electron chi connectivity index (χ4n) is 3.92. The van der Waals surface area contributed by atoms with Crippen molar-refractivity contribution in [2.45, 2.75) is 9.92 Å². The Balaban J connectivity index is 1.41. The van der Waals surface area contributed by atoms with E-state index >= 15 is 0 Å². The molecule has 180 valence electrons. The van der Waals surface area contributed by atoms with E-state index in [2.05, 4.69) is 4.98 Å². The number of amides is 1. The fourth-order valence-corrected chi connectivity index (χ4v) is 5.26. The van der Waals surface area contributed by atoms with E-state index in [0.717, 1.165) is 0 Å². The van der Waals surface area contributed by atoms with Crippen molar-refractivity contribution >= 4 is 21.6 Å². The van der Waals surface area contributed by atoms with Gasteiger partial charge in [0.1, 0.15) is 5.75 Å². The van der Waals surface area contributed by atoms with E-state index in [-0.39, 0.29) is 27.6 Å². The summed E-state index contributed by atoms with van der Waals surface area (Å²) >= 11 is 0. The molecule has 9 nitrogen and oxygen atoms in total. The van der Waals surface area contributed by atoms with Crippen LogP contribution in [0, 0.1) is 0 Å². The highest BCUT2D eigenvalue weighted by atomic mass is 32.2. The first kappa shape index (κ1) is 22.7. The number of ether oxygens (including phenoxy) is 1. The van der Waals surface area contributed by atoms with Gasteiger partial charge in [-0.05, 0) is 48.5 Å². The van der Waals surface area contributed by atoms with Gasteiger partial charge in [-0.25, -0.2) is 8.42 Å². The molecule has 0 spiro atoms. The first-order chi connectivity index (χ1) is 17.0. The standard InChI is InChI=1S/C25H23N3O6S/c1-32-19-11-9-18(10-12-19)24(29)27-13-15-28(16-14-27)25-23(26-22(34-25)21-8-5-17-33-21)35(30,31)20-6-3-2-4-7-20/h2-12,17H,13-16H2,1H3. The third kappa shape index (κ3) is 4.40. The van der Waals surface area contributed by atoms with Gasteiger partial charge in [-0.15, -0.1) is 0 Å². The van der Waals surface area contributed by atoms with E-state index in [1.165, 1.54) is 18.4 Å². The van der Waals surface area contributed by atoms with Crippen molar-refractivity contribution in [1.29, 1.82) is 0 Å². The van der Waals surface area contributed by atoms with Gasteiger partial charge in [-0.2, -0.15) is 4.98 Å². The Labute approximate surface area is 202 Å². The molecule has 1 amide bonds. The Morgan fingerprint density at radius 3 is 2.29 bits per heavy atom. The number of methoxy groups -OCH3 is 1. The molecule has 0 radical (unpaired) electrons. The van der Waals surface area contributed by atoms with E-state index in [1.807, 2.05) is 0 Å². The molecular formula is C25H23N3O6S. The van der Waals surface area contributed by atoms with Crippen molar-refractivity contribution < 1.29 is 26.8 Å². The Morgan fingerprint density at radius 2 is 1.66 bits per heavy atom. The summed E-state index contributed by atoms with van der Waals surface area (Å²) in [6, 6.07) is 18.4. The van der Waals surface area contributed by atoms with Crippen LogP contribution >= 0.6 is 0 Å². The summed E-state index contributed by atoms with van der Waals surface area (Å²) in [6.07, 6.45) is 1.47. The third-order valence-corrected chi connectivity index (χ3v) is 7.48. The molecule has 10 heteroatoms. The minimum atomic E-state index is -3.95. The van der Waals surface area contributed by atoms with Crippen molar-refractivity contribution in [1.82, 2.24) is 9.88 Å². The first-order valence-corrected chi connectivity index (χ1v) is 12.5. The topological polar surface area (TPSA) is 106 Å². The van der Waals surface area contributed by atoms with Crippen LogP contribution < -0.4 is 9.64 Å². The van der Waals surface area contributed by atoms with Crippen LogP contribution in [0.3, 0.4) is 0 Å². The number of benzene rings is 2. The Morgan fingerprint density at radius 1 is 0.943 bits per heavy atom. The summed E-state index contributed by atoms with van der Waals surface area (Å²) in [7, 11) is -2.38. The van der Waals surface area contributed by atoms with Gasteiger partial charge in [-0.3, -0.25) is 4.79 Å². The van der Waals surface area contributed by atoms with Gasteiger partial charge in [0, 0.05) is 31.7 Å². The van der Waals surface area contributed by atoms with Crippen molar-refractivity contribution in [3.8, 4) is 17.4 Å². The zero-order valence-corrected chi connectivity index (χ0v) is 19.8. The van der Waals surface area contributed by atoms with E-state index in [1.54, 1.807) is 71.5 Å². The summed E-state index contributed by atoms with van der Waals surface area (Å²) in [5.74, 6) is 1.12. The van der Waals surface area contributed by atoms with Crippen LogP contribution in [0.1, 0.15) is 10.4 Å². The van der Waals surface area contributed by atoms with Gasteiger partial charge in [-0.1, -0.05) is 18.2 Å². The predicted octanol–water partition coefficient (Wildman–Crippen LogP) is 3.74. The molecule has 1 saturated heterocycles. The number of hydrogen-bond acceptors (Lipinski definition) is 8. The number of carbonyl (C=O) groups excluding carboxylic acids is 1. The maximum Gasteiger partial charge on any atom is 0.266 e. The molecular weight excluding hydrogens is 470 g/mol. The van der Waals surface area contributed by atoms with Crippen LogP contribution in [-0.2, 0) is 9.84 Å². The van der Waals surface area contributed by atoms with Crippen LogP contribution in [0.4, 0.5) is 5.88 Å². The van der Waals surface area contributed by atoms with Crippen LogP contribution in [-0.4, -0.2) is 57.5 Å². The maximum absolute atomic E-state index is 13.4. The molecule has 2 aromatic heterocycles. The normalized spacial score (nSPS) is 14.2. The molecule has 0 saturated carbocycles. The number of carbonyl (C=O) groups is 1. The average Bonchev–Trinajstić information content (AvgIpc) is 3.60. The highest BCUT2D eigenvalue weighted by Crippen LogP contribution is 2.35. The molecule has 35 heavy (non-hydrogen) atoms. The number of nitrogens with zero attached hydrogens (tertiary/aromatic N) is 3. The summed E-state index contributed by atoms with van der Waals surface area (Å²) in [6.45, 7) is 1.55. The number of furan rings is 1. The lowest BCUT2D eigenvalue weighted by Crippen LogP contribution is -2.49. The second-order valence-electron chi connectivity index (χ2n) is 7.93. The molecule has 0 aliphatic carbocycles. The molecule has 5 rings (SSSR count). The number of hydrogen-bond donors (Lipinski definition) is 0. The minimum absolute atomic E-state index is 0.0799. The largest absolute Gasteiger partial charge is 0.497 e. The monoisotopic (exact) mass is 493 g/mol. The van der Waals surface area contributed by atoms with Gasteiger partial charge < -0.3 is 23.4 Å². The summed E-state index contributed by atoms with van der Waals surface area (Å²) < 4.78 is 43.3. The number of aromatic nitrogens is 1. The lowest BCUT2D eigenvalue weighted by Gasteiger charge is -2.34. The lowest BCUT2D eigenvalue weighted by atomic mass is 10.1. The van der Waals surface area contributed by atoms with Gasteiger partial charge in [0.2, 0.25) is 20.7 Å². The van der Waals surface area contributed by atoms with Crippen molar-refractivity contribution in [2.24, 2.45) is 0 Å². The van der Waals surface area contributed by atoms with Crippen molar-refractivity contribution in [3.05, 3.63) is 78.6 Å². The predicted molar refractivity (Wildman–Crippen MR) is 127 cm³/mol. The Hall–Kier alpha value is -4.05. The minimum Gasteiger partial charge on any atom is -0.497 e. The second kappa shape index (κ2) is 9.30. The van der Waals surface area contributed by atoms with Crippen LogP contribution in [0.25, 0.3) is 11.7 Å². The first-order valence-electron chi connectivity index (χ1n) is 11.0. The second-order valence-corrected chi connectivity index (χ2v) is 9.80. The molecule has 4 aromatic rings. The quantitative estimate of drug-likeness (QED) is 0.400. The maximum atomic E-state index is 13.4. The number of piperazine rings is 1. The zero-order valence-electron chi connectivity index (χ0n) is 19.0. The molecule has 1 aliphatic rings. The van der Waals surface area contributed by atoms with Gasteiger partial charge >= 0.3 is 0 Å². The van der Waals surface area contributed by atoms with Crippen LogP contribution in [0.2, 0.25) is 0 Å². The van der Waals surface area contributed by atoms with Crippen LogP contribution in [0.15, 0.2) is 91.7 Å². The van der Waals surface area contributed by atoms with Crippen molar-refractivity contribution in [3.63, 3.8) is 0 Å². The molecule has 1 fully saturated rings. The highest BCUT2D eigenvalue weighted by molar-refractivity contribution is 7.91. The van der Waals surface area contributed by atoms with E-state index in [9.17, 15) is 13.2 Å². The summed E-state index contributed by atoms with van der Waals surface area (Å²) in [5, 5.41) is -0.176. The lowest BCUT2D eigenvalue weighted by molar-refractivity contribution is 0.0745. The molecule has 1 aliphatic heterocycles. The Bertz CT molecular complexity index is 1410. The van der Waals surface area contributed by atoms with Gasteiger partial charge in [0.15, 0.2) is 5.76 Å². The van der Waals surface area contributed by atoms with E-state index in [0.29, 0.717) is 43.3 Å². The summed E-state index contributed by atoms with van der Waals surface area (Å²) in [5.41, 5.74) is 0.561. The van der Waals surface area contributed by atoms with E-state index < -0.39 is 9.84 Å². The summed E-state index contributed by atoms with van der Waals surface area (Å²) in [4.78, 5) is 20.9. The zero-order chi connectivity index (χ0) is 24.4. The number of anilines is 1. The molecule has 0 bridgehead atoms. The highest BCUT2D eigenvalue weighted by Gasteiger charge is 2.34. The SMILES string of the molecule is COc1ccc(C(=O)N2CCN(c3oc(-c4ccco4)nc3S(=O)(=O)c3ccccc3)CC2)cc1. The molecule has 0 unspecified atom stereocenters. The fraction of sp³-hybridized carbons (Fsp3) is 0.200. The molecule has 2 aromatic carbocycles. The van der Waals surface area contributed by atoms with Gasteiger partial charge in [0.25, 0.3) is 11.8 Å². The molecule has 0 N–H and O–H groups in total. The Kier molecular flexibility index (Phi) is 6.04. The molecule has 3 heterocycles. The molecule has 0 atom stereocenters. The third-order valence-electron chi connectivity index (χ3n) is 5.81. The smallest absolute Gasteiger partial charge is 0.266 e. The number of oxazole rings is 1. The van der Waals surface area contributed by atoms with Crippen molar-refractivity contribution in [2.75, 3.05) is 38.2 Å². The van der Waals surface area contributed by atoms with E-state index in [4.69, 9.17) is 13.6 Å². The average molecular weight is 494 g/mol.